The molecule has 10 heteroatoms. The second-order valence-corrected chi connectivity index (χ2v) is 8.94. The van der Waals surface area contributed by atoms with Crippen LogP contribution in [0.5, 0.6) is 5.75 Å². The Morgan fingerprint density at radius 3 is 2.64 bits per heavy atom. The van der Waals surface area contributed by atoms with Crippen LogP contribution in [0.1, 0.15) is 9.67 Å². The molecule has 28 heavy (non-hydrogen) atoms. The SMILES string of the molecule is COc1ccc(NC(=O)c2cnc(-c3ccccc3Cl)s2)cc1NS(C)(=O)=O. The highest BCUT2D eigenvalue weighted by molar-refractivity contribution is 7.92. The summed E-state index contributed by atoms with van der Waals surface area (Å²) in [5.41, 5.74) is 1.38. The quantitative estimate of drug-likeness (QED) is 0.605. The summed E-state index contributed by atoms with van der Waals surface area (Å²) in [4.78, 5) is 17.2. The number of methoxy groups -OCH3 is 1. The molecule has 0 spiro atoms. The highest BCUT2D eigenvalue weighted by atomic mass is 35.5. The molecule has 0 bridgehead atoms. The van der Waals surface area contributed by atoms with Crippen molar-refractivity contribution in [1.82, 2.24) is 4.98 Å². The first-order valence-corrected chi connectivity index (χ1v) is 11.0. The number of hydrogen-bond acceptors (Lipinski definition) is 6. The van der Waals surface area contributed by atoms with Gasteiger partial charge in [0.15, 0.2) is 0 Å². The van der Waals surface area contributed by atoms with E-state index >= 15 is 0 Å². The zero-order valence-electron chi connectivity index (χ0n) is 14.9. The van der Waals surface area contributed by atoms with Gasteiger partial charge in [0.25, 0.3) is 5.91 Å². The standard InChI is InChI=1S/C18H16ClN3O4S2/c1-26-15-8-7-11(9-14(15)22-28(2,24)25)21-17(23)16-10-20-18(27-16)12-5-3-4-6-13(12)19/h3-10,22H,1-2H3,(H,21,23). The fourth-order valence-electron chi connectivity index (χ4n) is 2.40. The first-order chi connectivity index (χ1) is 13.3. The predicted octanol–water partition coefficient (Wildman–Crippen LogP) is 4.10. The molecule has 0 radical (unpaired) electrons. The van der Waals surface area contributed by atoms with E-state index in [1.54, 1.807) is 18.2 Å². The van der Waals surface area contributed by atoms with Crippen LogP contribution in [0.4, 0.5) is 11.4 Å². The third-order valence-corrected chi connectivity index (χ3v) is 5.54. The number of carbonyl (C=O) groups excluding carboxylic acids is 1. The topological polar surface area (TPSA) is 97.4 Å². The molecule has 1 heterocycles. The van der Waals surface area contributed by atoms with Crippen LogP contribution in [-0.4, -0.2) is 32.7 Å². The summed E-state index contributed by atoms with van der Waals surface area (Å²) >= 11 is 7.38. The highest BCUT2D eigenvalue weighted by Gasteiger charge is 2.15. The van der Waals surface area contributed by atoms with Crippen molar-refractivity contribution in [1.29, 1.82) is 0 Å². The van der Waals surface area contributed by atoms with Crippen molar-refractivity contribution in [3.8, 4) is 16.3 Å². The highest BCUT2D eigenvalue weighted by Crippen LogP contribution is 2.32. The van der Waals surface area contributed by atoms with Crippen LogP contribution in [0.25, 0.3) is 10.6 Å². The van der Waals surface area contributed by atoms with Gasteiger partial charge in [0.05, 0.1) is 30.3 Å². The Labute approximate surface area is 171 Å². The Balaban J connectivity index is 1.82. The number of ether oxygens (including phenoxy) is 1. The fourth-order valence-corrected chi connectivity index (χ4v) is 4.09. The van der Waals surface area contributed by atoms with E-state index in [9.17, 15) is 13.2 Å². The summed E-state index contributed by atoms with van der Waals surface area (Å²) in [6, 6.07) is 11.9. The molecular formula is C18H16ClN3O4S2. The lowest BCUT2D eigenvalue weighted by atomic mass is 10.2. The van der Waals surface area contributed by atoms with Gasteiger partial charge in [-0.1, -0.05) is 29.8 Å². The average molecular weight is 438 g/mol. The first-order valence-electron chi connectivity index (χ1n) is 7.95. The fraction of sp³-hybridized carbons (Fsp3) is 0.111. The minimum atomic E-state index is -3.50. The van der Waals surface area contributed by atoms with E-state index in [1.165, 1.54) is 30.7 Å². The van der Waals surface area contributed by atoms with E-state index in [-0.39, 0.29) is 11.6 Å². The van der Waals surface area contributed by atoms with Crippen LogP contribution in [0, 0.1) is 0 Å². The number of halogens is 1. The van der Waals surface area contributed by atoms with Crippen molar-refractivity contribution >= 4 is 50.2 Å². The van der Waals surface area contributed by atoms with Crippen molar-refractivity contribution in [2.45, 2.75) is 0 Å². The number of thiazole rings is 1. The van der Waals surface area contributed by atoms with Crippen molar-refractivity contribution < 1.29 is 17.9 Å². The molecule has 0 aliphatic carbocycles. The third kappa shape index (κ3) is 4.80. The van der Waals surface area contributed by atoms with Gasteiger partial charge >= 0.3 is 0 Å². The van der Waals surface area contributed by atoms with Gasteiger partial charge in [-0.3, -0.25) is 9.52 Å². The minimum Gasteiger partial charge on any atom is -0.495 e. The van der Waals surface area contributed by atoms with Crippen LogP contribution in [0.15, 0.2) is 48.7 Å². The van der Waals surface area contributed by atoms with E-state index in [0.717, 1.165) is 11.8 Å². The van der Waals surface area contributed by atoms with Crippen LogP contribution >= 0.6 is 22.9 Å². The predicted molar refractivity (Wildman–Crippen MR) is 112 cm³/mol. The molecule has 146 valence electrons. The first kappa shape index (κ1) is 20.1. The molecule has 3 rings (SSSR count). The van der Waals surface area contributed by atoms with Crippen LogP contribution in [-0.2, 0) is 10.0 Å². The number of benzene rings is 2. The second kappa shape index (κ2) is 8.17. The number of sulfonamides is 1. The van der Waals surface area contributed by atoms with Gasteiger partial charge in [-0.25, -0.2) is 13.4 Å². The van der Waals surface area contributed by atoms with E-state index in [0.29, 0.717) is 26.3 Å². The summed E-state index contributed by atoms with van der Waals surface area (Å²) < 4.78 is 30.5. The van der Waals surface area contributed by atoms with Gasteiger partial charge in [-0.15, -0.1) is 11.3 Å². The van der Waals surface area contributed by atoms with Crippen molar-refractivity contribution in [2.75, 3.05) is 23.4 Å². The lowest BCUT2D eigenvalue weighted by molar-refractivity contribution is 0.103. The summed E-state index contributed by atoms with van der Waals surface area (Å²) in [6.07, 6.45) is 2.50. The van der Waals surface area contributed by atoms with Gasteiger partial charge in [0.2, 0.25) is 10.0 Å². The largest absolute Gasteiger partial charge is 0.495 e. The van der Waals surface area contributed by atoms with E-state index in [4.69, 9.17) is 16.3 Å². The third-order valence-electron chi connectivity index (χ3n) is 3.59. The summed E-state index contributed by atoms with van der Waals surface area (Å²) in [7, 11) is -2.08. The van der Waals surface area contributed by atoms with Gasteiger partial charge in [-0.2, -0.15) is 0 Å². The molecule has 1 aromatic heterocycles. The van der Waals surface area contributed by atoms with Gasteiger partial charge in [0, 0.05) is 11.3 Å². The molecular weight excluding hydrogens is 422 g/mol. The van der Waals surface area contributed by atoms with Crippen molar-refractivity contribution in [3.05, 3.63) is 58.6 Å². The van der Waals surface area contributed by atoms with E-state index in [2.05, 4.69) is 15.0 Å². The maximum Gasteiger partial charge on any atom is 0.267 e. The van der Waals surface area contributed by atoms with Gasteiger partial charge in [0.1, 0.15) is 15.6 Å². The zero-order chi connectivity index (χ0) is 20.3. The minimum absolute atomic E-state index is 0.226. The van der Waals surface area contributed by atoms with E-state index in [1.807, 2.05) is 18.2 Å². The Morgan fingerprint density at radius 1 is 1.21 bits per heavy atom. The normalized spacial score (nSPS) is 11.1. The smallest absolute Gasteiger partial charge is 0.267 e. The number of anilines is 2. The zero-order valence-corrected chi connectivity index (χ0v) is 17.3. The van der Waals surface area contributed by atoms with Gasteiger partial charge < -0.3 is 10.1 Å². The molecule has 0 aliphatic heterocycles. The summed E-state index contributed by atoms with van der Waals surface area (Å²) in [5.74, 6) is -0.0338. The Morgan fingerprint density at radius 2 is 1.96 bits per heavy atom. The van der Waals surface area contributed by atoms with Gasteiger partial charge in [-0.05, 0) is 24.3 Å². The summed E-state index contributed by atoms with van der Waals surface area (Å²) in [6.45, 7) is 0. The number of hydrogen-bond donors (Lipinski definition) is 2. The second-order valence-electron chi connectivity index (χ2n) is 5.75. The summed E-state index contributed by atoms with van der Waals surface area (Å²) in [5, 5.41) is 3.90. The molecule has 3 aromatic rings. The number of nitrogens with one attached hydrogen (secondary N) is 2. The Bertz CT molecular complexity index is 1130. The average Bonchev–Trinajstić information content (AvgIpc) is 3.11. The number of amides is 1. The maximum absolute atomic E-state index is 12.6. The molecule has 2 N–H and O–H groups in total. The molecule has 0 unspecified atom stereocenters. The molecule has 0 aliphatic rings. The van der Waals surface area contributed by atoms with Crippen LogP contribution in [0.3, 0.4) is 0 Å². The monoisotopic (exact) mass is 437 g/mol. The maximum atomic E-state index is 12.6. The van der Waals surface area contributed by atoms with E-state index < -0.39 is 10.0 Å². The molecule has 0 saturated heterocycles. The molecule has 2 aromatic carbocycles. The molecule has 7 nitrogen and oxygen atoms in total. The van der Waals surface area contributed by atoms with Crippen LogP contribution in [0.2, 0.25) is 5.02 Å². The van der Waals surface area contributed by atoms with Crippen molar-refractivity contribution in [2.24, 2.45) is 0 Å². The molecule has 0 fully saturated rings. The number of nitrogens with zero attached hydrogens (tertiary/aromatic N) is 1. The number of rotatable bonds is 6. The lowest BCUT2D eigenvalue weighted by Gasteiger charge is -2.12. The number of aromatic nitrogens is 1. The molecule has 0 atom stereocenters. The lowest BCUT2D eigenvalue weighted by Crippen LogP contribution is -2.13. The van der Waals surface area contributed by atoms with Crippen molar-refractivity contribution in [3.63, 3.8) is 0 Å². The Kier molecular flexibility index (Phi) is 5.87. The van der Waals surface area contributed by atoms with Crippen LogP contribution < -0.4 is 14.8 Å². The molecule has 0 saturated carbocycles. The number of carbonyl (C=O) groups is 1. The Hall–Kier alpha value is -2.62. The molecule has 1 amide bonds.